The second-order valence-corrected chi connectivity index (χ2v) is 8.85. The van der Waals surface area contributed by atoms with Crippen LogP contribution in [-0.2, 0) is 17.9 Å². The van der Waals surface area contributed by atoms with E-state index in [0.717, 1.165) is 55.5 Å². The normalized spacial score (nSPS) is 17.1. The topological polar surface area (TPSA) is 87.0 Å². The van der Waals surface area contributed by atoms with Crippen LogP contribution in [-0.4, -0.2) is 33.4 Å². The Morgan fingerprint density at radius 2 is 2.14 bits per heavy atom. The van der Waals surface area contributed by atoms with E-state index < -0.39 is 0 Å². The number of amides is 1. The fraction of sp³-hybridized carbons (Fsp3) is 0.238. The highest BCUT2D eigenvalue weighted by molar-refractivity contribution is 7.22. The molecule has 0 saturated carbocycles. The van der Waals surface area contributed by atoms with Crippen molar-refractivity contribution in [1.29, 1.82) is 0 Å². The molecule has 0 aliphatic carbocycles. The fourth-order valence-electron chi connectivity index (χ4n) is 3.84. The van der Waals surface area contributed by atoms with Crippen LogP contribution in [0, 0.1) is 0 Å². The molecule has 6 nitrogen and oxygen atoms in total. The number of anilines is 1. The van der Waals surface area contributed by atoms with Crippen molar-refractivity contribution in [2.24, 2.45) is 0 Å². The summed E-state index contributed by atoms with van der Waals surface area (Å²) in [5.74, 6) is 0.122. The van der Waals surface area contributed by atoms with Gasteiger partial charge in [-0.1, -0.05) is 22.9 Å². The van der Waals surface area contributed by atoms with Gasteiger partial charge in [-0.2, -0.15) is 0 Å². The minimum atomic E-state index is -0.175. The van der Waals surface area contributed by atoms with Crippen molar-refractivity contribution in [2.75, 3.05) is 12.3 Å². The summed E-state index contributed by atoms with van der Waals surface area (Å²) in [4.78, 5) is 23.6. The largest absolute Gasteiger partial charge is 0.391 e. The molecular weight excluding hydrogens is 406 g/mol. The molecule has 1 atom stereocenters. The van der Waals surface area contributed by atoms with Crippen molar-refractivity contribution >= 4 is 55.0 Å². The van der Waals surface area contributed by atoms with Gasteiger partial charge in [0, 0.05) is 40.1 Å². The summed E-state index contributed by atoms with van der Waals surface area (Å²) in [6.45, 7) is 1.86. The number of aromatic amines is 1. The zero-order valence-corrected chi connectivity index (χ0v) is 17.2. The van der Waals surface area contributed by atoms with Crippen molar-refractivity contribution in [3.05, 3.63) is 58.9 Å². The molecule has 29 heavy (non-hydrogen) atoms. The number of pyridine rings is 1. The van der Waals surface area contributed by atoms with Crippen molar-refractivity contribution in [2.45, 2.75) is 25.6 Å². The number of hydrogen-bond acceptors (Lipinski definition) is 5. The third-order valence-electron chi connectivity index (χ3n) is 5.29. The number of carbonyl (C=O) groups is 1. The maximum Gasteiger partial charge on any atom is 0.240 e. The number of halogens is 1. The standard InChI is InChI=1S/C21H20ClN5OS/c22-14-2-4-17-13(7-14)8-16(25-17)10-24-18-5-6-27(21(18)28)11-15-3-1-12-9-19(23)29-20(12)26-15/h1-4,7-9,18,24-25H,5-6,10-11,23H2. The molecule has 4 heterocycles. The molecule has 1 amide bonds. The number of rotatable bonds is 5. The molecule has 3 aromatic heterocycles. The van der Waals surface area contributed by atoms with E-state index in [1.807, 2.05) is 41.3 Å². The van der Waals surface area contributed by atoms with Crippen molar-refractivity contribution in [1.82, 2.24) is 20.2 Å². The molecule has 1 unspecified atom stereocenters. The van der Waals surface area contributed by atoms with E-state index in [4.69, 9.17) is 17.3 Å². The minimum Gasteiger partial charge on any atom is -0.391 e. The molecule has 0 radical (unpaired) electrons. The van der Waals surface area contributed by atoms with Crippen LogP contribution in [0.1, 0.15) is 17.8 Å². The molecule has 4 N–H and O–H groups in total. The number of benzene rings is 1. The van der Waals surface area contributed by atoms with Gasteiger partial charge in [0.2, 0.25) is 5.91 Å². The molecule has 1 fully saturated rings. The van der Waals surface area contributed by atoms with Crippen molar-refractivity contribution < 1.29 is 4.79 Å². The third kappa shape index (κ3) is 3.69. The van der Waals surface area contributed by atoms with Gasteiger partial charge in [0.1, 0.15) is 4.83 Å². The summed E-state index contributed by atoms with van der Waals surface area (Å²) in [7, 11) is 0. The highest BCUT2D eigenvalue weighted by Crippen LogP contribution is 2.26. The van der Waals surface area contributed by atoms with E-state index in [2.05, 4.69) is 21.4 Å². The van der Waals surface area contributed by atoms with Crippen LogP contribution in [0.3, 0.4) is 0 Å². The number of fused-ring (bicyclic) bond motifs is 2. The number of nitrogens with one attached hydrogen (secondary N) is 2. The summed E-state index contributed by atoms with van der Waals surface area (Å²) in [6.07, 6.45) is 0.791. The number of nitrogens with two attached hydrogens (primary N) is 1. The number of nitrogen functional groups attached to an aromatic ring is 1. The van der Waals surface area contributed by atoms with Crippen LogP contribution < -0.4 is 11.1 Å². The molecule has 148 valence electrons. The fourth-order valence-corrected chi connectivity index (χ4v) is 4.83. The second-order valence-electron chi connectivity index (χ2n) is 7.35. The monoisotopic (exact) mass is 425 g/mol. The average Bonchev–Trinajstić information content (AvgIpc) is 3.36. The molecule has 4 aromatic rings. The number of thiophene rings is 1. The number of carbonyl (C=O) groups excluding carboxylic acids is 1. The van der Waals surface area contributed by atoms with Gasteiger partial charge >= 0.3 is 0 Å². The van der Waals surface area contributed by atoms with Crippen LogP contribution in [0.15, 0.2) is 42.5 Å². The Balaban J connectivity index is 1.22. The molecule has 0 spiro atoms. The van der Waals surface area contributed by atoms with Gasteiger partial charge in [0.15, 0.2) is 0 Å². The Morgan fingerprint density at radius 3 is 3.03 bits per heavy atom. The number of H-pyrrole nitrogens is 1. The Bertz CT molecular complexity index is 1220. The van der Waals surface area contributed by atoms with Gasteiger partial charge in [-0.3, -0.25) is 4.79 Å². The molecule has 1 aliphatic heterocycles. The van der Waals surface area contributed by atoms with Gasteiger partial charge < -0.3 is 20.9 Å². The predicted octanol–water partition coefficient (Wildman–Crippen LogP) is 3.90. The molecule has 8 heteroatoms. The van der Waals surface area contributed by atoms with Crippen molar-refractivity contribution in [3.8, 4) is 0 Å². The quantitative estimate of drug-likeness (QED) is 0.452. The first-order valence-electron chi connectivity index (χ1n) is 9.49. The molecule has 1 aliphatic rings. The van der Waals surface area contributed by atoms with Gasteiger partial charge in [-0.05, 0) is 48.9 Å². The molecular formula is C21H20ClN5OS. The van der Waals surface area contributed by atoms with Gasteiger partial charge in [-0.15, -0.1) is 0 Å². The van der Waals surface area contributed by atoms with E-state index in [1.54, 1.807) is 0 Å². The third-order valence-corrected chi connectivity index (χ3v) is 6.40. The number of aromatic nitrogens is 2. The van der Waals surface area contributed by atoms with Gasteiger partial charge in [-0.25, -0.2) is 4.98 Å². The summed E-state index contributed by atoms with van der Waals surface area (Å²) in [5, 5.41) is 6.97. The van der Waals surface area contributed by atoms with Crippen LogP contribution in [0.5, 0.6) is 0 Å². The highest BCUT2D eigenvalue weighted by Gasteiger charge is 2.31. The zero-order chi connectivity index (χ0) is 20.0. The number of hydrogen-bond donors (Lipinski definition) is 3. The van der Waals surface area contributed by atoms with E-state index >= 15 is 0 Å². The maximum absolute atomic E-state index is 12.8. The lowest BCUT2D eigenvalue weighted by Gasteiger charge is -2.16. The summed E-state index contributed by atoms with van der Waals surface area (Å²) in [6, 6.07) is 13.6. The zero-order valence-electron chi connectivity index (χ0n) is 15.6. The minimum absolute atomic E-state index is 0.122. The van der Waals surface area contributed by atoms with Gasteiger partial charge in [0.25, 0.3) is 0 Å². The summed E-state index contributed by atoms with van der Waals surface area (Å²) < 4.78 is 0. The Morgan fingerprint density at radius 1 is 1.24 bits per heavy atom. The Hall–Kier alpha value is -2.61. The lowest BCUT2D eigenvalue weighted by Crippen LogP contribution is -2.37. The lowest BCUT2D eigenvalue weighted by molar-refractivity contribution is -0.130. The first-order chi connectivity index (χ1) is 14.0. The van der Waals surface area contributed by atoms with E-state index in [1.165, 1.54) is 11.3 Å². The molecule has 1 saturated heterocycles. The lowest BCUT2D eigenvalue weighted by atomic mass is 10.2. The van der Waals surface area contributed by atoms with E-state index in [9.17, 15) is 4.79 Å². The van der Waals surface area contributed by atoms with Crippen LogP contribution in [0.25, 0.3) is 21.1 Å². The van der Waals surface area contributed by atoms with E-state index in [0.29, 0.717) is 13.1 Å². The first-order valence-corrected chi connectivity index (χ1v) is 10.7. The predicted molar refractivity (Wildman–Crippen MR) is 118 cm³/mol. The van der Waals surface area contributed by atoms with E-state index in [-0.39, 0.29) is 11.9 Å². The first kappa shape index (κ1) is 18.4. The van der Waals surface area contributed by atoms with Crippen LogP contribution >= 0.6 is 22.9 Å². The van der Waals surface area contributed by atoms with Gasteiger partial charge in [0.05, 0.1) is 23.3 Å². The van der Waals surface area contributed by atoms with Crippen LogP contribution in [0.2, 0.25) is 5.02 Å². The molecule has 5 rings (SSSR count). The second kappa shape index (κ2) is 7.33. The number of likely N-dealkylation sites (tertiary alicyclic amines) is 1. The van der Waals surface area contributed by atoms with Crippen molar-refractivity contribution in [3.63, 3.8) is 0 Å². The summed E-state index contributed by atoms with van der Waals surface area (Å²) in [5.41, 5.74) is 8.82. The smallest absolute Gasteiger partial charge is 0.240 e. The Labute approximate surface area is 176 Å². The number of nitrogens with zero attached hydrogens (tertiary/aromatic N) is 2. The summed E-state index contributed by atoms with van der Waals surface area (Å²) >= 11 is 7.53. The molecule has 1 aromatic carbocycles. The SMILES string of the molecule is Nc1cc2ccc(CN3CCC(NCc4cc5cc(Cl)ccc5[nH]4)C3=O)nc2s1. The average molecular weight is 426 g/mol. The highest BCUT2D eigenvalue weighted by atomic mass is 35.5. The van der Waals surface area contributed by atoms with Crippen LogP contribution in [0.4, 0.5) is 5.00 Å². The molecule has 0 bridgehead atoms. The maximum atomic E-state index is 12.8. The Kier molecular flexibility index (Phi) is 4.66.